The van der Waals surface area contributed by atoms with Crippen molar-refractivity contribution in [3.8, 4) is 11.4 Å². The Bertz CT molecular complexity index is 506. The molecule has 0 aliphatic heterocycles. The number of nitrogens with one attached hydrogen (secondary N) is 1. The summed E-state index contributed by atoms with van der Waals surface area (Å²) in [6.45, 7) is 3.90. The van der Waals surface area contributed by atoms with Gasteiger partial charge in [0.1, 0.15) is 17.5 Å². The van der Waals surface area contributed by atoms with Crippen molar-refractivity contribution in [2.24, 2.45) is 0 Å². The fourth-order valence-electron chi connectivity index (χ4n) is 1.32. The van der Waals surface area contributed by atoms with Crippen LogP contribution >= 0.6 is 0 Å². The van der Waals surface area contributed by atoms with Gasteiger partial charge in [0.15, 0.2) is 5.82 Å². The maximum absolute atomic E-state index is 13.4. The average Bonchev–Trinajstić information content (AvgIpc) is 2.66. The first-order valence-corrected chi connectivity index (χ1v) is 4.95. The first-order valence-electron chi connectivity index (χ1n) is 4.95. The Kier molecular flexibility index (Phi) is 2.68. The molecular weight excluding hydrogens is 212 g/mol. The van der Waals surface area contributed by atoms with Crippen LogP contribution in [-0.2, 0) is 0 Å². The number of aromatic nitrogens is 3. The van der Waals surface area contributed by atoms with Gasteiger partial charge in [-0.2, -0.15) is 5.10 Å². The van der Waals surface area contributed by atoms with E-state index in [1.807, 2.05) is 13.8 Å². The molecule has 2 aromatic rings. The molecule has 0 atom stereocenters. The van der Waals surface area contributed by atoms with E-state index < -0.39 is 11.6 Å². The highest BCUT2D eigenvalue weighted by molar-refractivity contribution is 5.55. The minimum atomic E-state index is -0.658. The Hall–Kier alpha value is -1.78. The Morgan fingerprint density at radius 2 is 2.00 bits per heavy atom. The molecule has 84 valence electrons. The second-order valence-corrected chi connectivity index (χ2v) is 3.82. The van der Waals surface area contributed by atoms with Crippen LogP contribution in [0.1, 0.15) is 25.6 Å². The zero-order valence-electron chi connectivity index (χ0n) is 8.96. The molecule has 5 heteroatoms. The van der Waals surface area contributed by atoms with Gasteiger partial charge in [0.05, 0.1) is 5.56 Å². The Labute approximate surface area is 91.5 Å². The molecular formula is C11H11F2N3. The third-order valence-corrected chi connectivity index (χ3v) is 2.22. The number of benzene rings is 1. The molecule has 0 saturated carbocycles. The summed E-state index contributed by atoms with van der Waals surface area (Å²) in [7, 11) is 0. The fourth-order valence-corrected chi connectivity index (χ4v) is 1.32. The van der Waals surface area contributed by atoms with Crippen LogP contribution in [0.3, 0.4) is 0 Å². The molecule has 0 radical (unpaired) electrons. The lowest BCUT2D eigenvalue weighted by Gasteiger charge is -1.98. The second kappa shape index (κ2) is 4.00. The summed E-state index contributed by atoms with van der Waals surface area (Å²) in [5, 5.41) is 6.62. The molecule has 1 heterocycles. The largest absolute Gasteiger partial charge is 0.262 e. The van der Waals surface area contributed by atoms with Crippen molar-refractivity contribution in [3.63, 3.8) is 0 Å². The fraction of sp³-hybridized carbons (Fsp3) is 0.273. The molecule has 0 aliphatic rings. The number of H-pyrrole nitrogens is 1. The molecule has 0 aliphatic carbocycles. The smallest absolute Gasteiger partial charge is 0.184 e. The monoisotopic (exact) mass is 223 g/mol. The van der Waals surface area contributed by atoms with Crippen LogP contribution < -0.4 is 0 Å². The van der Waals surface area contributed by atoms with Crippen molar-refractivity contribution < 1.29 is 8.78 Å². The normalized spacial score (nSPS) is 11.1. The maximum atomic E-state index is 13.4. The topological polar surface area (TPSA) is 41.6 Å². The van der Waals surface area contributed by atoms with Gasteiger partial charge in [0.25, 0.3) is 0 Å². The van der Waals surface area contributed by atoms with Crippen molar-refractivity contribution in [2.75, 3.05) is 0 Å². The first-order chi connectivity index (χ1) is 7.58. The van der Waals surface area contributed by atoms with Crippen LogP contribution in [0.4, 0.5) is 8.78 Å². The molecule has 1 aromatic carbocycles. The van der Waals surface area contributed by atoms with E-state index in [4.69, 9.17) is 0 Å². The van der Waals surface area contributed by atoms with Gasteiger partial charge in [-0.05, 0) is 12.1 Å². The molecule has 16 heavy (non-hydrogen) atoms. The van der Waals surface area contributed by atoms with Gasteiger partial charge in [0, 0.05) is 12.0 Å². The minimum absolute atomic E-state index is 0.185. The standard InChI is InChI=1S/C11H11F2N3/c1-6(2)10-14-11(16-15-10)8-4-3-7(12)5-9(8)13/h3-6H,1-2H3,(H,14,15,16). The molecule has 1 N–H and O–H groups in total. The highest BCUT2D eigenvalue weighted by atomic mass is 19.1. The van der Waals surface area contributed by atoms with Crippen LogP contribution in [-0.4, -0.2) is 15.2 Å². The van der Waals surface area contributed by atoms with Crippen LogP contribution in [0.5, 0.6) is 0 Å². The van der Waals surface area contributed by atoms with Crippen LogP contribution in [0.25, 0.3) is 11.4 Å². The van der Waals surface area contributed by atoms with E-state index in [-0.39, 0.29) is 17.3 Å². The molecule has 0 amide bonds. The number of rotatable bonds is 2. The van der Waals surface area contributed by atoms with E-state index in [0.29, 0.717) is 5.82 Å². The molecule has 0 bridgehead atoms. The summed E-state index contributed by atoms with van der Waals surface area (Å²) >= 11 is 0. The lowest BCUT2D eigenvalue weighted by molar-refractivity contribution is 0.585. The third-order valence-electron chi connectivity index (χ3n) is 2.22. The van der Waals surface area contributed by atoms with E-state index >= 15 is 0 Å². The van der Waals surface area contributed by atoms with Crippen molar-refractivity contribution >= 4 is 0 Å². The highest BCUT2D eigenvalue weighted by Gasteiger charge is 2.12. The number of hydrogen-bond donors (Lipinski definition) is 1. The predicted octanol–water partition coefficient (Wildman–Crippen LogP) is 2.87. The van der Waals surface area contributed by atoms with Gasteiger partial charge >= 0.3 is 0 Å². The van der Waals surface area contributed by atoms with Crippen molar-refractivity contribution in [2.45, 2.75) is 19.8 Å². The quantitative estimate of drug-likeness (QED) is 0.850. The van der Waals surface area contributed by atoms with Gasteiger partial charge in [-0.3, -0.25) is 5.10 Å². The van der Waals surface area contributed by atoms with E-state index in [9.17, 15) is 8.78 Å². The number of nitrogens with zero attached hydrogens (tertiary/aromatic N) is 2. The summed E-state index contributed by atoms with van der Waals surface area (Å²) in [5.41, 5.74) is 0.199. The van der Waals surface area contributed by atoms with E-state index in [2.05, 4.69) is 15.2 Å². The van der Waals surface area contributed by atoms with Crippen molar-refractivity contribution in [1.82, 2.24) is 15.2 Å². The van der Waals surface area contributed by atoms with Crippen molar-refractivity contribution in [3.05, 3.63) is 35.7 Å². The van der Waals surface area contributed by atoms with Crippen LogP contribution in [0.2, 0.25) is 0 Å². The number of halogens is 2. The Morgan fingerprint density at radius 3 is 2.56 bits per heavy atom. The summed E-state index contributed by atoms with van der Waals surface area (Å²) in [4.78, 5) is 4.14. The Balaban J connectivity index is 2.42. The van der Waals surface area contributed by atoms with Crippen LogP contribution in [0.15, 0.2) is 18.2 Å². The number of hydrogen-bond acceptors (Lipinski definition) is 2. The highest BCUT2D eigenvalue weighted by Crippen LogP contribution is 2.21. The Morgan fingerprint density at radius 1 is 1.25 bits per heavy atom. The van der Waals surface area contributed by atoms with E-state index in [0.717, 1.165) is 6.07 Å². The molecule has 3 nitrogen and oxygen atoms in total. The maximum Gasteiger partial charge on any atom is 0.184 e. The van der Waals surface area contributed by atoms with Gasteiger partial charge in [-0.15, -0.1) is 0 Å². The summed E-state index contributed by atoms with van der Waals surface area (Å²) in [6, 6.07) is 3.34. The number of aromatic amines is 1. The molecule has 0 fully saturated rings. The summed E-state index contributed by atoms with van der Waals surface area (Å²) in [5.74, 6) is -0.153. The molecule has 0 spiro atoms. The van der Waals surface area contributed by atoms with Crippen LogP contribution in [0, 0.1) is 11.6 Å². The van der Waals surface area contributed by atoms with Gasteiger partial charge < -0.3 is 0 Å². The zero-order valence-corrected chi connectivity index (χ0v) is 8.96. The first kappa shape index (κ1) is 10.7. The lowest BCUT2D eigenvalue weighted by Crippen LogP contribution is -1.90. The zero-order chi connectivity index (χ0) is 11.7. The van der Waals surface area contributed by atoms with Crippen molar-refractivity contribution in [1.29, 1.82) is 0 Å². The molecule has 0 unspecified atom stereocenters. The molecule has 2 rings (SSSR count). The minimum Gasteiger partial charge on any atom is -0.262 e. The van der Waals surface area contributed by atoms with Gasteiger partial charge in [0.2, 0.25) is 0 Å². The summed E-state index contributed by atoms with van der Waals surface area (Å²) < 4.78 is 26.1. The molecule has 1 aromatic heterocycles. The van der Waals surface area contributed by atoms with E-state index in [1.165, 1.54) is 12.1 Å². The van der Waals surface area contributed by atoms with Gasteiger partial charge in [-0.25, -0.2) is 13.8 Å². The SMILES string of the molecule is CC(C)c1nc(-c2ccc(F)cc2F)n[nH]1. The van der Waals surface area contributed by atoms with E-state index in [1.54, 1.807) is 0 Å². The lowest BCUT2D eigenvalue weighted by atomic mass is 10.2. The predicted molar refractivity (Wildman–Crippen MR) is 55.8 cm³/mol. The summed E-state index contributed by atoms with van der Waals surface area (Å²) in [6.07, 6.45) is 0. The molecule has 0 saturated heterocycles. The average molecular weight is 223 g/mol. The third kappa shape index (κ3) is 1.93. The second-order valence-electron chi connectivity index (χ2n) is 3.82. The van der Waals surface area contributed by atoms with Gasteiger partial charge in [-0.1, -0.05) is 13.8 Å².